The SMILES string of the molecule is CCCn1cncc1C(O)C1(CN)CCCC1. The fourth-order valence-corrected chi connectivity index (χ4v) is 2.97. The van der Waals surface area contributed by atoms with Gasteiger partial charge < -0.3 is 15.4 Å². The summed E-state index contributed by atoms with van der Waals surface area (Å²) < 4.78 is 2.06. The molecule has 0 radical (unpaired) electrons. The number of hydrogen-bond acceptors (Lipinski definition) is 3. The first kappa shape index (κ1) is 12.6. The van der Waals surface area contributed by atoms with E-state index < -0.39 is 6.10 Å². The zero-order valence-electron chi connectivity index (χ0n) is 10.6. The summed E-state index contributed by atoms with van der Waals surface area (Å²) in [6.45, 7) is 3.60. The lowest BCUT2D eigenvalue weighted by Gasteiger charge is -2.33. The normalized spacial score (nSPS) is 20.6. The second-order valence-electron chi connectivity index (χ2n) is 5.19. The van der Waals surface area contributed by atoms with Crippen LogP contribution in [0.4, 0.5) is 0 Å². The quantitative estimate of drug-likeness (QED) is 0.821. The molecule has 0 aliphatic heterocycles. The molecule has 0 amide bonds. The van der Waals surface area contributed by atoms with Crippen molar-refractivity contribution in [3.63, 3.8) is 0 Å². The lowest BCUT2D eigenvalue weighted by Crippen LogP contribution is -2.35. The molecule has 1 unspecified atom stereocenters. The van der Waals surface area contributed by atoms with E-state index in [1.807, 2.05) is 0 Å². The summed E-state index contributed by atoms with van der Waals surface area (Å²) in [6, 6.07) is 0. The average Bonchev–Trinajstić information content (AvgIpc) is 2.97. The number of hydrogen-bond donors (Lipinski definition) is 2. The van der Waals surface area contributed by atoms with Crippen molar-refractivity contribution in [1.82, 2.24) is 9.55 Å². The largest absolute Gasteiger partial charge is 0.386 e. The zero-order valence-corrected chi connectivity index (χ0v) is 10.6. The summed E-state index contributed by atoms with van der Waals surface area (Å²) in [5.41, 5.74) is 6.72. The summed E-state index contributed by atoms with van der Waals surface area (Å²) in [7, 11) is 0. The van der Waals surface area contributed by atoms with Crippen molar-refractivity contribution in [1.29, 1.82) is 0 Å². The van der Waals surface area contributed by atoms with Gasteiger partial charge in [-0.3, -0.25) is 0 Å². The van der Waals surface area contributed by atoms with Crippen LogP contribution in [0.5, 0.6) is 0 Å². The Hall–Kier alpha value is -0.870. The summed E-state index contributed by atoms with van der Waals surface area (Å²) in [5.74, 6) is 0. The molecule has 3 N–H and O–H groups in total. The molecule has 1 aliphatic carbocycles. The van der Waals surface area contributed by atoms with E-state index in [1.54, 1.807) is 12.5 Å². The minimum absolute atomic E-state index is 0.120. The third-order valence-corrected chi connectivity index (χ3v) is 4.08. The molecule has 0 bridgehead atoms. The summed E-state index contributed by atoms with van der Waals surface area (Å²) in [5, 5.41) is 10.6. The predicted molar refractivity (Wildman–Crippen MR) is 67.4 cm³/mol. The van der Waals surface area contributed by atoms with Crippen LogP contribution in [-0.4, -0.2) is 21.2 Å². The minimum atomic E-state index is -0.468. The number of aliphatic hydroxyl groups excluding tert-OH is 1. The predicted octanol–water partition coefficient (Wildman–Crippen LogP) is 1.85. The highest BCUT2D eigenvalue weighted by Crippen LogP contribution is 2.46. The molecular weight excluding hydrogens is 214 g/mol. The van der Waals surface area contributed by atoms with E-state index in [0.717, 1.165) is 31.5 Å². The number of nitrogens with zero attached hydrogens (tertiary/aromatic N) is 2. The molecule has 0 spiro atoms. The molecule has 0 saturated heterocycles. The number of aliphatic hydroxyl groups is 1. The molecule has 1 aliphatic rings. The van der Waals surface area contributed by atoms with E-state index in [2.05, 4.69) is 16.5 Å². The topological polar surface area (TPSA) is 64.1 Å². The third-order valence-electron chi connectivity index (χ3n) is 4.08. The van der Waals surface area contributed by atoms with Crippen molar-refractivity contribution < 1.29 is 5.11 Å². The highest BCUT2D eigenvalue weighted by Gasteiger charge is 2.41. The van der Waals surface area contributed by atoms with Gasteiger partial charge in [0, 0.05) is 18.5 Å². The van der Waals surface area contributed by atoms with E-state index in [0.29, 0.717) is 6.54 Å². The van der Waals surface area contributed by atoms with Crippen molar-refractivity contribution in [2.24, 2.45) is 11.1 Å². The molecule has 1 fully saturated rings. The number of rotatable bonds is 5. The second kappa shape index (κ2) is 5.19. The van der Waals surface area contributed by atoms with E-state index in [-0.39, 0.29) is 5.41 Å². The molecule has 1 aromatic heterocycles. The van der Waals surface area contributed by atoms with Crippen molar-refractivity contribution in [3.05, 3.63) is 18.2 Å². The van der Waals surface area contributed by atoms with Crippen molar-refractivity contribution >= 4 is 0 Å². The first-order chi connectivity index (χ1) is 8.23. The smallest absolute Gasteiger partial charge is 0.102 e. The second-order valence-corrected chi connectivity index (χ2v) is 5.19. The zero-order chi connectivity index (χ0) is 12.3. The average molecular weight is 237 g/mol. The molecule has 4 heteroatoms. The molecule has 17 heavy (non-hydrogen) atoms. The first-order valence-electron chi connectivity index (χ1n) is 6.61. The van der Waals surface area contributed by atoms with Gasteiger partial charge in [-0.25, -0.2) is 4.98 Å². The Morgan fingerprint density at radius 3 is 2.82 bits per heavy atom. The Morgan fingerprint density at radius 1 is 1.53 bits per heavy atom. The van der Waals surface area contributed by atoms with Crippen LogP contribution in [0.15, 0.2) is 12.5 Å². The molecule has 1 saturated carbocycles. The maximum Gasteiger partial charge on any atom is 0.102 e. The third kappa shape index (κ3) is 2.24. The fraction of sp³-hybridized carbons (Fsp3) is 0.769. The van der Waals surface area contributed by atoms with Gasteiger partial charge in [-0.1, -0.05) is 19.8 Å². The van der Waals surface area contributed by atoms with E-state index in [4.69, 9.17) is 5.73 Å². The van der Waals surface area contributed by atoms with Crippen LogP contribution < -0.4 is 5.73 Å². The molecule has 1 heterocycles. The molecule has 1 aromatic rings. The van der Waals surface area contributed by atoms with E-state index >= 15 is 0 Å². The highest BCUT2D eigenvalue weighted by atomic mass is 16.3. The summed E-state index contributed by atoms with van der Waals surface area (Å²) >= 11 is 0. The molecule has 0 aromatic carbocycles. The number of imidazole rings is 1. The summed E-state index contributed by atoms with van der Waals surface area (Å²) in [4.78, 5) is 4.16. The van der Waals surface area contributed by atoms with Gasteiger partial charge in [-0.2, -0.15) is 0 Å². The van der Waals surface area contributed by atoms with Crippen molar-refractivity contribution in [2.45, 2.75) is 51.7 Å². The van der Waals surface area contributed by atoms with Crippen LogP contribution >= 0.6 is 0 Å². The molecule has 2 rings (SSSR count). The monoisotopic (exact) mass is 237 g/mol. The van der Waals surface area contributed by atoms with Gasteiger partial charge >= 0.3 is 0 Å². The van der Waals surface area contributed by atoms with Crippen molar-refractivity contribution in [3.8, 4) is 0 Å². The molecule has 1 atom stereocenters. The van der Waals surface area contributed by atoms with Crippen LogP contribution in [0.1, 0.15) is 50.8 Å². The minimum Gasteiger partial charge on any atom is -0.386 e. The first-order valence-corrected chi connectivity index (χ1v) is 6.61. The maximum atomic E-state index is 10.6. The van der Waals surface area contributed by atoms with Crippen LogP contribution in [0.3, 0.4) is 0 Å². The Balaban J connectivity index is 2.22. The van der Waals surface area contributed by atoms with Gasteiger partial charge in [0.05, 0.1) is 18.2 Å². The van der Waals surface area contributed by atoms with Crippen LogP contribution in [0.2, 0.25) is 0 Å². The fourth-order valence-electron chi connectivity index (χ4n) is 2.97. The van der Waals surface area contributed by atoms with Crippen LogP contribution in [0.25, 0.3) is 0 Å². The van der Waals surface area contributed by atoms with Gasteiger partial charge in [0.1, 0.15) is 6.10 Å². The molecule has 4 nitrogen and oxygen atoms in total. The lowest BCUT2D eigenvalue weighted by molar-refractivity contribution is 0.0271. The van der Waals surface area contributed by atoms with Gasteiger partial charge in [0.2, 0.25) is 0 Å². The number of aryl methyl sites for hydroxylation is 1. The van der Waals surface area contributed by atoms with Gasteiger partial charge in [0.25, 0.3) is 0 Å². The van der Waals surface area contributed by atoms with E-state index in [1.165, 1.54) is 12.8 Å². The lowest BCUT2D eigenvalue weighted by atomic mass is 9.79. The molecule has 96 valence electrons. The Morgan fingerprint density at radius 2 is 2.24 bits per heavy atom. The Labute approximate surface area is 103 Å². The van der Waals surface area contributed by atoms with Gasteiger partial charge in [-0.05, 0) is 19.3 Å². The molecular formula is C13H23N3O. The van der Waals surface area contributed by atoms with Crippen molar-refractivity contribution in [2.75, 3.05) is 6.54 Å². The summed E-state index contributed by atoms with van der Waals surface area (Å²) in [6.07, 6.45) is 8.59. The highest BCUT2D eigenvalue weighted by molar-refractivity contribution is 5.09. The van der Waals surface area contributed by atoms with Gasteiger partial charge in [0.15, 0.2) is 0 Å². The number of aromatic nitrogens is 2. The Bertz CT molecular complexity index is 355. The van der Waals surface area contributed by atoms with Crippen LogP contribution in [-0.2, 0) is 6.54 Å². The van der Waals surface area contributed by atoms with E-state index in [9.17, 15) is 5.11 Å². The number of nitrogens with two attached hydrogens (primary N) is 1. The van der Waals surface area contributed by atoms with Crippen LogP contribution in [0, 0.1) is 5.41 Å². The Kier molecular flexibility index (Phi) is 3.84. The standard InChI is InChI=1S/C13H23N3O/c1-2-7-16-10-15-8-11(16)12(17)13(9-14)5-3-4-6-13/h8,10,12,17H,2-7,9,14H2,1H3. The van der Waals surface area contributed by atoms with Gasteiger partial charge in [-0.15, -0.1) is 0 Å². The maximum absolute atomic E-state index is 10.6.